The number of nitrogens with zero attached hydrogens (tertiary/aromatic N) is 3. The molecule has 5 rings (SSSR count). The first-order chi connectivity index (χ1) is 17.8. The van der Waals surface area contributed by atoms with Gasteiger partial charge < -0.3 is 5.32 Å². The molecule has 5 aromatic rings. The van der Waals surface area contributed by atoms with Gasteiger partial charge in [0.1, 0.15) is 5.69 Å². The average Bonchev–Trinajstić information content (AvgIpc) is 2.91. The highest BCUT2D eigenvalue weighted by molar-refractivity contribution is 7.89. The number of hydrogen-bond donors (Lipinski definition) is 2. The normalized spacial score (nSPS) is 11.5. The first-order valence-electron chi connectivity index (χ1n) is 11.3. The SMILES string of the molecule is Cc1ccc(-c2nnc(Nc3ccc(Cl)c(Cl)c3)c3ccccc23)cc1S(=O)(=O)NCc1cccnc1. The quantitative estimate of drug-likeness (QED) is 0.239. The minimum absolute atomic E-state index is 0.137. The molecule has 0 radical (unpaired) electrons. The van der Waals surface area contributed by atoms with Crippen molar-refractivity contribution in [3.63, 3.8) is 0 Å². The summed E-state index contributed by atoms with van der Waals surface area (Å²) in [6.07, 6.45) is 3.27. The van der Waals surface area contributed by atoms with E-state index in [-0.39, 0.29) is 11.4 Å². The van der Waals surface area contributed by atoms with Crippen LogP contribution in [-0.4, -0.2) is 23.6 Å². The van der Waals surface area contributed by atoms with E-state index in [0.29, 0.717) is 38.4 Å². The van der Waals surface area contributed by atoms with E-state index in [0.717, 1.165) is 16.3 Å². The molecule has 2 heterocycles. The monoisotopic (exact) mass is 549 g/mol. The van der Waals surface area contributed by atoms with E-state index in [4.69, 9.17) is 23.2 Å². The zero-order valence-electron chi connectivity index (χ0n) is 19.6. The smallest absolute Gasteiger partial charge is 0.241 e. The van der Waals surface area contributed by atoms with Crippen molar-refractivity contribution < 1.29 is 8.42 Å². The third kappa shape index (κ3) is 5.42. The molecular weight excluding hydrogens is 529 g/mol. The zero-order chi connectivity index (χ0) is 26.0. The fourth-order valence-corrected chi connectivity index (χ4v) is 5.50. The number of aromatic nitrogens is 3. The van der Waals surface area contributed by atoms with Crippen molar-refractivity contribution in [1.82, 2.24) is 19.9 Å². The molecule has 0 unspecified atom stereocenters. The lowest BCUT2D eigenvalue weighted by atomic mass is 10.0. The van der Waals surface area contributed by atoms with E-state index >= 15 is 0 Å². The first-order valence-corrected chi connectivity index (χ1v) is 13.5. The van der Waals surface area contributed by atoms with Crippen LogP contribution in [0.1, 0.15) is 11.1 Å². The molecule has 2 N–H and O–H groups in total. The minimum atomic E-state index is -3.79. The molecule has 0 aliphatic rings. The molecule has 0 spiro atoms. The van der Waals surface area contributed by atoms with E-state index in [1.54, 1.807) is 55.7 Å². The number of hydrogen-bond acceptors (Lipinski definition) is 6. The van der Waals surface area contributed by atoms with Gasteiger partial charge in [0, 0.05) is 41.0 Å². The Morgan fingerprint density at radius 3 is 2.43 bits per heavy atom. The number of sulfonamides is 1. The van der Waals surface area contributed by atoms with E-state index < -0.39 is 10.0 Å². The molecular formula is C27H21Cl2N5O2S. The third-order valence-corrected chi connectivity index (χ3v) is 8.09. The van der Waals surface area contributed by atoms with Gasteiger partial charge in [0.2, 0.25) is 10.0 Å². The Morgan fingerprint density at radius 1 is 0.865 bits per heavy atom. The van der Waals surface area contributed by atoms with E-state index in [1.165, 1.54) is 0 Å². The summed E-state index contributed by atoms with van der Waals surface area (Å²) in [7, 11) is -3.79. The van der Waals surface area contributed by atoms with Crippen LogP contribution in [0.2, 0.25) is 10.0 Å². The maximum Gasteiger partial charge on any atom is 0.241 e. The predicted molar refractivity (Wildman–Crippen MR) is 148 cm³/mol. The molecule has 3 aromatic carbocycles. The molecule has 186 valence electrons. The van der Waals surface area contributed by atoms with Crippen LogP contribution < -0.4 is 10.0 Å². The number of benzene rings is 3. The molecule has 0 bridgehead atoms. The van der Waals surface area contributed by atoms with Crippen LogP contribution in [0.4, 0.5) is 11.5 Å². The van der Waals surface area contributed by atoms with Crippen LogP contribution in [0.15, 0.2) is 90.1 Å². The van der Waals surface area contributed by atoms with Gasteiger partial charge in [0.25, 0.3) is 0 Å². The van der Waals surface area contributed by atoms with Gasteiger partial charge in [-0.05, 0) is 48.4 Å². The highest BCUT2D eigenvalue weighted by Gasteiger charge is 2.19. The summed E-state index contributed by atoms with van der Waals surface area (Å²) in [5, 5.41) is 14.6. The maximum absolute atomic E-state index is 13.2. The number of halogens is 2. The number of anilines is 2. The lowest BCUT2D eigenvalue weighted by Gasteiger charge is -2.14. The Bertz CT molecular complexity index is 1710. The van der Waals surface area contributed by atoms with Gasteiger partial charge >= 0.3 is 0 Å². The summed E-state index contributed by atoms with van der Waals surface area (Å²) in [6.45, 7) is 1.90. The summed E-state index contributed by atoms with van der Waals surface area (Å²) >= 11 is 12.2. The third-order valence-electron chi connectivity index (χ3n) is 5.81. The highest BCUT2D eigenvalue weighted by Crippen LogP contribution is 2.34. The van der Waals surface area contributed by atoms with Crippen LogP contribution >= 0.6 is 23.2 Å². The van der Waals surface area contributed by atoms with Gasteiger partial charge in [-0.2, -0.15) is 0 Å². The second-order valence-electron chi connectivity index (χ2n) is 8.36. The van der Waals surface area contributed by atoms with Crippen molar-refractivity contribution in [3.05, 3.63) is 106 Å². The van der Waals surface area contributed by atoms with Crippen molar-refractivity contribution in [3.8, 4) is 11.3 Å². The molecule has 2 aromatic heterocycles. The molecule has 0 saturated heterocycles. The largest absolute Gasteiger partial charge is 0.338 e. The molecule has 0 fully saturated rings. The van der Waals surface area contributed by atoms with Crippen molar-refractivity contribution in [2.75, 3.05) is 5.32 Å². The highest BCUT2D eigenvalue weighted by atomic mass is 35.5. The van der Waals surface area contributed by atoms with Gasteiger partial charge in [0.05, 0.1) is 14.9 Å². The molecule has 0 aliphatic carbocycles. The molecule has 0 saturated carbocycles. The van der Waals surface area contributed by atoms with Gasteiger partial charge in [-0.3, -0.25) is 4.98 Å². The van der Waals surface area contributed by atoms with Gasteiger partial charge in [-0.15, -0.1) is 10.2 Å². The minimum Gasteiger partial charge on any atom is -0.338 e. The Morgan fingerprint density at radius 2 is 1.68 bits per heavy atom. The summed E-state index contributed by atoms with van der Waals surface area (Å²) < 4.78 is 29.0. The van der Waals surface area contributed by atoms with E-state index in [9.17, 15) is 8.42 Å². The summed E-state index contributed by atoms with van der Waals surface area (Å²) in [4.78, 5) is 4.21. The van der Waals surface area contributed by atoms with Crippen LogP contribution in [0.25, 0.3) is 22.0 Å². The molecule has 0 atom stereocenters. The lowest BCUT2D eigenvalue weighted by molar-refractivity contribution is 0.580. The van der Waals surface area contributed by atoms with Crippen LogP contribution in [0, 0.1) is 6.92 Å². The maximum atomic E-state index is 13.2. The van der Waals surface area contributed by atoms with Crippen molar-refractivity contribution in [2.45, 2.75) is 18.4 Å². The summed E-state index contributed by atoms with van der Waals surface area (Å²) in [6, 6.07) is 21.7. The van der Waals surface area contributed by atoms with Crippen LogP contribution in [-0.2, 0) is 16.6 Å². The molecule has 37 heavy (non-hydrogen) atoms. The summed E-state index contributed by atoms with van der Waals surface area (Å²) in [5.74, 6) is 0.538. The molecule has 0 aliphatic heterocycles. The van der Waals surface area contributed by atoms with E-state index in [1.807, 2.05) is 36.4 Å². The molecule has 0 amide bonds. The van der Waals surface area contributed by atoms with Crippen LogP contribution in [0.3, 0.4) is 0 Å². The van der Waals surface area contributed by atoms with Gasteiger partial charge in [-0.25, -0.2) is 13.1 Å². The average molecular weight is 550 g/mol. The first kappa shape index (κ1) is 25.1. The zero-order valence-corrected chi connectivity index (χ0v) is 21.9. The topological polar surface area (TPSA) is 96.9 Å². The fourth-order valence-electron chi connectivity index (χ4n) is 3.92. The number of nitrogens with one attached hydrogen (secondary N) is 2. The van der Waals surface area contributed by atoms with E-state index in [2.05, 4.69) is 25.2 Å². The lowest BCUT2D eigenvalue weighted by Crippen LogP contribution is -2.24. The van der Waals surface area contributed by atoms with Crippen LogP contribution in [0.5, 0.6) is 0 Å². The van der Waals surface area contributed by atoms with Crippen molar-refractivity contribution in [2.24, 2.45) is 0 Å². The number of pyridine rings is 1. The molecule has 7 nitrogen and oxygen atoms in total. The Kier molecular flexibility index (Phi) is 7.08. The standard InChI is InChI=1S/C27H21Cl2N5O2S/c1-17-8-9-19(13-25(17)37(35,36)31-16-18-5-4-12-30-15-18)26-21-6-2-3-7-22(21)27(34-33-26)32-20-10-11-23(28)24(29)14-20/h2-15,31H,16H2,1H3,(H,32,34). The summed E-state index contributed by atoms with van der Waals surface area (Å²) in [5.41, 5.74) is 3.31. The Labute approximate surface area is 224 Å². The number of fused-ring (bicyclic) bond motifs is 1. The van der Waals surface area contributed by atoms with Gasteiger partial charge in [-0.1, -0.05) is 65.7 Å². The van der Waals surface area contributed by atoms with Crippen molar-refractivity contribution >= 4 is 55.5 Å². The number of rotatable bonds is 7. The fraction of sp³-hybridized carbons (Fsp3) is 0.0741. The van der Waals surface area contributed by atoms with Crippen molar-refractivity contribution in [1.29, 1.82) is 0 Å². The second kappa shape index (κ2) is 10.4. The Hall–Kier alpha value is -3.56. The Balaban J connectivity index is 1.51. The second-order valence-corrected chi connectivity index (χ2v) is 10.9. The molecule has 10 heteroatoms. The predicted octanol–water partition coefficient (Wildman–Crippen LogP) is 6.53. The number of aryl methyl sites for hydroxylation is 1. The van der Waals surface area contributed by atoms with Gasteiger partial charge in [0.15, 0.2) is 5.82 Å².